The molecule has 0 aliphatic heterocycles. The van der Waals surface area contributed by atoms with E-state index in [4.69, 9.17) is 14.2 Å². The fourth-order valence-corrected chi connectivity index (χ4v) is 2.04. The molecule has 0 aliphatic rings. The minimum absolute atomic E-state index is 0.0698. The average molecular weight is 342 g/mol. The Kier molecular flexibility index (Phi) is 6.57. The van der Waals surface area contributed by atoms with Crippen LogP contribution < -0.4 is 9.47 Å². The topological polar surface area (TPSA) is 61.8 Å². The molecule has 0 spiro atoms. The molecule has 0 atom stereocenters. The first kappa shape index (κ1) is 18.5. The van der Waals surface area contributed by atoms with Gasteiger partial charge in [-0.05, 0) is 68.8 Å². The van der Waals surface area contributed by atoms with Gasteiger partial charge in [0.2, 0.25) is 0 Å². The second-order valence-electron chi connectivity index (χ2n) is 5.74. The molecule has 0 unspecified atom stereocenters. The van der Waals surface area contributed by atoms with Crippen molar-refractivity contribution in [1.29, 1.82) is 0 Å². The summed E-state index contributed by atoms with van der Waals surface area (Å²) in [5, 5.41) is 0. The van der Waals surface area contributed by atoms with E-state index in [0.717, 1.165) is 6.42 Å². The summed E-state index contributed by atoms with van der Waals surface area (Å²) in [5.74, 6) is 0.193. The van der Waals surface area contributed by atoms with E-state index in [1.807, 2.05) is 20.8 Å². The highest BCUT2D eigenvalue weighted by Crippen LogP contribution is 2.17. The first-order valence-corrected chi connectivity index (χ1v) is 8.25. The molecular formula is C20H22O5. The molecule has 2 aromatic carbocycles. The van der Waals surface area contributed by atoms with Crippen LogP contribution in [0.25, 0.3) is 0 Å². The maximum Gasteiger partial charge on any atom is 0.343 e. The summed E-state index contributed by atoms with van der Waals surface area (Å²) in [5.41, 5.74) is 0.839. The molecule has 0 heterocycles. The SMILES string of the molecule is CCCOC(=O)c1ccc(OC(=O)c2ccc(OC(C)C)cc2)cc1. The number of carbonyl (C=O) groups is 2. The number of ether oxygens (including phenoxy) is 3. The summed E-state index contributed by atoms with van der Waals surface area (Å²) in [7, 11) is 0. The maximum absolute atomic E-state index is 12.2. The van der Waals surface area contributed by atoms with Crippen LogP contribution in [0.2, 0.25) is 0 Å². The van der Waals surface area contributed by atoms with Gasteiger partial charge >= 0.3 is 11.9 Å². The highest BCUT2D eigenvalue weighted by atomic mass is 16.5. The van der Waals surface area contributed by atoms with Gasteiger partial charge in [-0.2, -0.15) is 0 Å². The largest absolute Gasteiger partial charge is 0.491 e. The second kappa shape index (κ2) is 8.87. The van der Waals surface area contributed by atoms with Gasteiger partial charge in [0.15, 0.2) is 0 Å². The first-order valence-electron chi connectivity index (χ1n) is 8.25. The number of esters is 2. The molecule has 2 rings (SSSR count). The molecule has 0 bridgehead atoms. The van der Waals surface area contributed by atoms with Gasteiger partial charge in [0.05, 0.1) is 23.8 Å². The average Bonchev–Trinajstić information content (AvgIpc) is 2.60. The van der Waals surface area contributed by atoms with Crippen molar-refractivity contribution in [3.05, 3.63) is 59.7 Å². The van der Waals surface area contributed by atoms with Gasteiger partial charge < -0.3 is 14.2 Å². The van der Waals surface area contributed by atoms with Gasteiger partial charge in [0.1, 0.15) is 11.5 Å². The number of hydrogen-bond donors (Lipinski definition) is 0. The third-order valence-corrected chi connectivity index (χ3v) is 3.20. The summed E-state index contributed by atoms with van der Waals surface area (Å²) in [4.78, 5) is 23.9. The van der Waals surface area contributed by atoms with Crippen LogP contribution in [0.3, 0.4) is 0 Å². The molecule has 0 saturated carbocycles. The number of hydrogen-bond acceptors (Lipinski definition) is 5. The van der Waals surface area contributed by atoms with Gasteiger partial charge in [-0.1, -0.05) is 6.92 Å². The van der Waals surface area contributed by atoms with Gasteiger partial charge in [0, 0.05) is 0 Å². The van der Waals surface area contributed by atoms with Crippen LogP contribution in [-0.2, 0) is 4.74 Å². The van der Waals surface area contributed by atoms with Crippen LogP contribution in [0.15, 0.2) is 48.5 Å². The fraction of sp³-hybridized carbons (Fsp3) is 0.300. The normalized spacial score (nSPS) is 10.4. The quantitative estimate of drug-likeness (QED) is 0.556. The van der Waals surface area contributed by atoms with E-state index in [0.29, 0.717) is 29.2 Å². The summed E-state index contributed by atoms with van der Waals surface area (Å²) < 4.78 is 15.9. The maximum atomic E-state index is 12.2. The summed E-state index contributed by atoms with van der Waals surface area (Å²) in [6.07, 6.45) is 0.836. The molecule has 0 radical (unpaired) electrons. The van der Waals surface area contributed by atoms with Gasteiger partial charge in [0.25, 0.3) is 0 Å². The summed E-state index contributed by atoms with van der Waals surface area (Å²) in [6, 6.07) is 13.0. The highest BCUT2D eigenvalue weighted by molar-refractivity contribution is 5.92. The lowest BCUT2D eigenvalue weighted by molar-refractivity contribution is 0.0505. The van der Waals surface area contributed by atoms with Crippen LogP contribution in [0.5, 0.6) is 11.5 Å². The Bertz CT molecular complexity index is 702. The lowest BCUT2D eigenvalue weighted by Crippen LogP contribution is -2.10. The Hall–Kier alpha value is -2.82. The van der Waals surface area contributed by atoms with Crippen LogP contribution >= 0.6 is 0 Å². The molecule has 5 nitrogen and oxygen atoms in total. The highest BCUT2D eigenvalue weighted by Gasteiger charge is 2.11. The molecule has 132 valence electrons. The second-order valence-corrected chi connectivity index (χ2v) is 5.74. The van der Waals surface area contributed by atoms with Crippen molar-refractivity contribution in [1.82, 2.24) is 0 Å². The Balaban J connectivity index is 1.97. The van der Waals surface area contributed by atoms with Crippen molar-refractivity contribution < 1.29 is 23.8 Å². The molecule has 0 amide bonds. The molecule has 0 aromatic heterocycles. The number of benzene rings is 2. The summed E-state index contributed by atoms with van der Waals surface area (Å²) in [6.45, 7) is 6.18. The fourth-order valence-electron chi connectivity index (χ4n) is 2.04. The van der Waals surface area contributed by atoms with Gasteiger partial charge in [-0.25, -0.2) is 9.59 Å². The Morgan fingerprint density at radius 3 is 1.88 bits per heavy atom. The minimum Gasteiger partial charge on any atom is -0.491 e. The molecular weight excluding hydrogens is 320 g/mol. The van der Waals surface area contributed by atoms with E-state index in [1.54, 1.807) is 48.5 Å². The third-order valence-electron chi connectivity index (χ3n) is 3.20. The zero-order valence-corrected chi connectivity index (χ0v) is 14.7. The van der Waals surface area contributed by atoms with Crippen molar-refractivity contribution in [2.45, 2.75) is 33.3 Å². The molecule has 25 heavy (non-hydrogen) atoms. The van der Waals surface area contributed by atoms with E-state index >= 15 is 0 Å². The van der Waals surface area contributed by atoms with Crippen molar-refractivity contribution in [3.63, 3.8) is 0 Å². The van der Waals surface area contributed by atoms with E-state index in [1.165, 1.54) is 0 Å². The van der Waals surface area contributed by atoms with E-state index in [9.17, 15) is 9.59 Å². The molecule has 2 aromatic rings. The predicted molar refractivity (Wildman–Crippen MR) is 94.2 cm³/mol. The predicted octanol–water partition coefficient (Wildman–Crippen LogP) is 4.26. The van der Waals surface area contributed by atoms with Crippen molar-refractivity contribution >= 4 is 11.9 Å². The molecule has 0 N–H and O–H groups in total. The lowest BCUT2D eigenvalue weighted by Gasteiger charge is -2.10. The van der Waals surface area contributed by atoms with Gasteiger partial charge in [-0.15, -0.1) is 0 Å². The standard InChI is InChI=1S/C20H22O5/c1-4-13-23-19(21)15-5-11-18(12-6-15)25-20(22)16-7-9-17(10-8-16)24-14(2)3/h5-12,14H,4,13H2,1-3H3. The Morgan fingerprint density at radius 1 is 0.840 bits per heavy atom. The van der Waals surface area contributed by atoms with Crippen LogP contribution in [-0.4, -0.2) is 24.6 Å². The van der Waals surface area contributed by atoms with Gasteiger partial charge in [-0.3, -0.25) is 0 Å². The van der Waals surface area contributed by atoms with Crippen LogP contribution in [0.4, 0.5) is 0 Å². The lowest BCUT2D eigenvalue weighted by atomic mass is 10.2. The van der Waals surface area contributed by atoms with E-state index in [2.05, 4.69) is 0 Å². The third kappa shape index (κ3) is 5.64. The molecule has 0 fully saturated rings. The zero-order chi connectivity index (χ0) is 18.2. The number of carbonyl (C=O) groups excluding carboxylic acids is 2. The monoisotopic (exact) mass is 342 g/mol. The zero-order valence-electron chi connectivity index (χ0n) is 14.7. The van der Waals surface area contributed by atoms with Crippen LogP contribution in [0, 0.1) is 0 Å². The minimum atomic E-state index is -0.475. The smallest absolute Gasteiger partial charge is 0.343 e. The Morgan fingerprint density at radius 2 is 1.36 bits per heavy atom. The summed E-state index contributed by atoms with van der Waals surface area (Å²) >= 11 is 0. The first-order chi connectivity index (χ1) is 12.0. The van der Waals surface area contributed by atoms with Crippen molar-refractivity contribution in [3.8, 4) is 11.5 Å². The molecule has 5 heteroatoms. The van der Waals surface area contributed by atoms with Crippen LogP contribution in [0.1, 0.15) is 47.9 Å². The van der Waals surface area contributed by atoms with Crippen molar-refractivity contribution in [2.75, 3.05) is 6.61 Å². The van der Waals surface area contributed by atoms with E-state index < -0.39 is 5.97 Å². The molecule has 0 saturated heterocycles. The van der Waals surface area contributed by atoms with Crippen molar-refractivity contribution in [2.24, 2.45) is 0 Å². The van der Waals surface area contributed by atoms with E-state index in [-0.39, 0.29) is 12.1 Å². The number of rotatable bonds is 7. The molecule has 0 aliphatic carbocycles. The Labute approximate surface area is 147 Å².